The Kier molecular flexibility index (Phi) is 2.75. The number of aromatic carboxylic acids is 1. The highest BCUT2D eigenvalue weighted by Crippen LogP contribution is 2.23. The van der Waals surface area contributed by atoms with E-state index in [1.165, 1.54) is 0 Å². The molecule has 1 N–H and O–H groups in total. The zero-order chi connectivity index (χ0) is 14.3. The Morgan fingerprint density at radius 1 is 1.20 bits per heavy atom. The molecular formula is C15H13N3O2. The Hall–Kier alpha value is -2.69. The largest absolute Gasteiger partial charge is 0.476 e. The van der Waals surface area contributed by atoms with Crippen molar-refractivity contribution in [3.05, 3.63) is 53.3 Å². The first-order valence-electron chi connectivity index (χ1n) is 6.23. The number of hydrogen-bond acceptors (Lipinski definition) is 3. The molecule has 0 bridgehead atoms. The van der Waals surface area contributed by atoms with Crippen LogP contribution >= 0.6 is 0 Å². The Morgan fingerprint density at radius 2 is 2.00 bits per heavy atom. The fourth-order valence-electron chi connectivity index (χ4n) is 2.19. The van der Waals surface area contributed by atoms with Crippen LogP contribution in [0.3, 0.4) is 0 Å². The van der Waals surface area contributed by atoms with E-state index in [0.717, 1.165) is 16.8 Å². The maximum absolute atomic E-state index is 11.3. The monoisotopic (exact) mass is 267 g/mol. The third kappa shape index (κ3) is 1.93. The number of fused-ring (bicyclic) bond motifs is 1. The molecule has 0 saturated heterocycles. The number of rotatable bonds is 2. The summed E-state index contributed by atoms with van der Waals surface area (Å²) in [4.78, 5) is 15.6. The van der Waals surface area contributed by atoms with Crippen LogP contribution in [-0.2, 0) is 0 Å². The molecule has 5 heteroatoms. The summed E-state index contributed by atoms with van der Waals surface area (Å²) in [5, 5.41) is 13.6. The van der Waals surface area contributed by atoms with Crippen molar-refractivity contribution in [1.29, 1.82) is 0 Å². The Bertz CT molecular complexity index is 821. The number of aromatic nitrogens is 3. The summed E-state index contributed by atoms with van der Waals surface area (Å²) >= 11 is 0. The zero-order valence-electron chi connectivity index (χ0n) is 11.2. The van der Waals surface area contributed by atoms with Crippen molar-refractivity contribution < 1.29 is 9.90 Å². The summed E-state index contributed by atoms with van der Waals surface area (Å²) in [6.45, 7) is 3.84. The van der Waals surface area contributed by atoms with Gasteiger partial charge in [-0.05, 0) is 32.0 Å². The quantitative estimate of drug-likeness (QED) is 0.775. The van der Waals surface area contributed by atoms with Crippen molar-refractivity contribution in [2.45, 2.75) is 13.8 Å². The number of aryl methyl sites for hydroxylation is 2. The van der Waals surface area contributed by atoms with Crippen LogP contribution < -0.4 is 0 Å². The second-order valence-corrected chi connectivity index (χ2v) is 4.73. The standard InChI is InChI=1S/C15H13N3O2/c1-9-4-3-5-11(8-9)14-16-13(15(19)20)12-7-6-10(2)17-18(12)14/h3-8H,1-2H3,(H,19,20). The van der Waals surface area contributed by atoms with Crippen LogP contribution in [0, 0.1) is 13.8 Å². The summed E-state index contributed by atoms with van der Waals surface area (Å²) in [6, 6.07) is 11.3. The van der Waals surface area contributed by atoms with Gasteiger partial charge >= 0.3 is 5.97 Å². The zero-order valence-corrected chi connectivity index (χ0v) is 11.2. The molecule has 0 spiro atoms. The van der Waals surface area contributed by atoms with E-state index in [0.29, 0.717) is 11.3 Å². The molecule has 0 unspecified atom stereocenters. The summed E-state index contributed by atoms with van der Waals surface area (Å²) in [6.07, 6.45) is 0. The Balaban J connectivity index is 2.35. The van der Waals surface area contributed by atoms with E-state index in [9.17, 15) is 9.90 Å². The second-order valence-electron chi connectivity index (χ2n) is 4.73. The normalized spacial score (nSPS) is 10.9. The van der Waals surface area contributed by atoms with Crippen LogP contribution in [0.2, 0.25) is 0 Å². The molecule has 0 amide bonds. The predicted octanol–water partition coefficient (Wildman–Crippen LogP) is 2.71. The van der Waals surface area contributed by atoms with Crippen molar-refractivity contribution in [2.24, 2.45) is 0 Å². The topological polar surface area (TPSA) is 67.5 Å². The lowest BCUT2D eigenvalue weighted by Crippen LogP contribution is -1.99. The first kappa shape index (κ1) is 12.3. The average Bonchev–Trinajstić information content (AvgIpc) is 2.77. The molecule has 2 heterocycles. The van der Waals surface area contributed by atoms with Crippen molar-refractivity contribution in [3.8, 4) is 11.4 Å². The second kappa shape index (κ2) is 4.45. The molecule has 20 heavy (non-hydrogen) atoms. The summed E-state index contributed by atoms with van der Waals surface area (Å²) < 4.78 is 1.59. The van der Waals surface area contributed by atoms with Gasteiger partial charge in [-0.1, -0.05) is 23.8 Å². The van der Waals surface area contributed by atoms with Crippen LogP contribution in [-0.4, -0.2) is 25.7 Å². The Morgan fingerprint density at radius 3 is 2.70 bits per heavy atom. The lowest BCUT2D eigenvalue weighted by atomic mass is 10.1. The van der Waals surface area contributed by atoms with Gasteiger partial charge in [0.15, 0.2) is 11.5 Å². The first-order chi connectivity index (χ1) is 9.56. The van der Waals surface area contributed by atoms with Gasteiger partial charge in [0.25, 0.3) is 0 Å². The molecule has 0 radical (unpaired) electrons. The molecular weight excluding hydrogens is 254 g/mol. The van der Waals surface area contributed by atoms with E-state index in [1.54, 1.807) is 16.6 Å². The van der Waals surface area contributed by atoms with E-state index in [2.05, 4.69) is 10.1 Å². The van der Waals surface area contributed by atoms with Crippen LogP contribution in [0.1, 0.15) is 21.7 Å². The highest BCUT2D eigenvalue weighted by Gasteiger charge is 2.18. The molecule has 3 aromatic rings. The van der Waals surface area contributed by atoms with Gasteiger partial charge in [0.1, 0.15) is 5.52 Å². The van der Waals surface area contributed by atoms with Crippen molar-refractivity contribution in [2.75, 3.05) is 0 Å². The van der Waals surface area contributed by atoms with Gasteiger partial charge in [-0.3, -0.25) is 0 Å². The van der Waals surface area contributed by atoms with Crippen molar-refractivity contribution >= 4 is 11.5 Å². The van der Waals surface area contributed by atoms with Gasteiger partial charge in [0.2, 0.25) is 0 Å². The maximum atomic E-state index is 11.3. The fourth-order valence-corrected chi connectivity index (χ4v) is 2.19. The van der Waals surface area contributed by atoms with Crippen molar-refractivity contribution in [1.82, 2.24) is 14.6 Å². The summed E-state index contributed by atoms with van der Waals surface area (Å²) in [5.41, 5.74) is 3.27. The van der Waals surface area contributed by atoms with E-state index < -0.39 is 5.97 Å². The molecule has 2 aromatic heterocycles. The lowest BCUT2D eigenvalue weighted by Gasteiger charge is -2.02. The molecule has 3 rings (SSSR count). The number of carbonyl (C=O) groups is 1. The third-order valence-corrected chi connectivity index (χ3v) is 3.11. The molecule has 0 aliphatic rings. The molecule has 0 fully saturated rings. The highest BCUT2D eigenvalue weighted by molar-refractivity contribution is 5.94. The number of carboxylic acids is 1. The number of carboxylic acid groups (broad SMARTS) is 1. The average molecular weight is 267 g/mol. The van der Waals surface area contributed by atoms with Gasteiger partial charge < -0.3 is 5.11 Å². The number of benzene rings is 1. The van der Waals surface area contributed by atoms with E-state index in [1.807, 2.05) is 38.1 Å². The molecule has 0 saturated carbocycles. The summed E-state index contributed by atoms with van der Waals surface area (Å²) in [5.74, 6) is -0.503. The number of hydrogen-bond donors (Lipinski definition) is 1. The third-order valence-electron chi connectivity index (χ3n) is 3.11. The number of nitrogens with zero attached hydrogens (tertiary/aromatic N) is 3. The first-order valence-corrected chi connectivity index (χ1v) is 6.23. The van der Waals surface area contributed by atoms with Crippen LogP contribution in [0.5, 0.6) is 0 Å². The Labute approximate surface area is 115 Å². The SMILES string of the molecule is Cc1cccc(-c2nc(C(=O)O)c3ccc(C)nn23)c1. The lowest BCUT2D eigenvalue weighted by molar-refractivity contribution is 0.0693. The molecule has 0 aliphatic heterocycles. The van der Waals surface area contributed by atoms with Gasteiger partial charge in [0.05, 0.1) is 5.69 Å². The van der Waals surface area contributed by atoms with Crippen LogP contribution in [0.25, 0.3) is 16.9 Å². The van der Waals surface area contributed by atoms with Crippen molar-refractivity contribution in [3.63, 3.8) is 0 Å². The van der Waals surface area contributed by atoms with Gasteiger partial charge in [-0.15, -0.1) is 0 Å². The van der Waals surface area contributed by atoms with Gasteiger partial charge in [-0.2, -0.15) is 5.10 Å². The molecule has 0 atom stereocenters. The minimum Gasteiger partial charge on any atom is -0.476 e. The van der Waals surface area contributed by atoms with Crippen LogP contribution in [0.15, 0.2) is 36.4 Å². The molecule has 1 aromatic carbocycles. The van der Waals surface area contributed by atoms with E-state index in [4.69, 9.17) is 0 Å². The van der Waals surface area contributed by atoms with Gasteiger partial charge in [0, 0.05) is 5.56 Å². The summed E-state index contributed by atoms with van der Waals surface area (Å²) in [7, 11) is 0. The smallest absolute Gasteiger partial charge is 0.356 e. The molecule has 0 aliphatic carbocycles. The van der Waals surface area contributed by atoms with Gasteiger partial charge in [-0.25, -0.2) is 14.3 Å². The fraction of sp³-hybridized carbons (Fsp3) is 0.133. The number of imidazole rings is 1. The minimum atomic E-state index is -1.05. The van der Waals surface area contributed by atoms with E-state index in [-0.39, 0.29) is 5.69 Å². The van der Waals surface area contributed by atoms with E-state index >= 15 is 0 Å². The minimum absolute atomic E-state index is 0.0222. The predicted molar refractivity (Wildman–Crippen MR) is 74.9 cm³/mol. The maximum Gasteiger partial charge on any atom is 0.356 e. The molecule has 100 valence electrons. The molecule has 5 nitrogen and oxygen atoms in total. The highest BCUT2D eigenvalue weighted by atomic mass is 16.4. The van der Waals surface area contributed by atoms with Crippen LogP contribution in [0.4, 0.5) is 0 Å².